The van der Waals surface area contributed by atoms with E-state index >= 15 is 0 Å². The molecule has 0 aromatic heterocycles. The molecule has 0 saturated carbocycles. The first-order chi connectivity index (χ1) is 15.4. The van der Waals surface area contributed by atoms with Gasteiger partial charge in [0, 0.05) is 6.04 Å². The molecule has 33 heavy (non-hydrogen) atoms. The number of carbonyl (C=O) groups is 2. The first-order valence-corrected chi connectivity index (χ1v) is 12.5. The van der Waals surface area contributed by atoms with Gasteiger partial charge in [-0.15, -0.1) is 0 Å². The van der Waals surface area contributed by atoms with Crippen LogP contribution in [-0.4, -0.2) is 43.7 Å². The van der Waals surface area contributed by atoms with E-state index in [1.165, 1.54) is 11.4 Å². The van der Waals surface area contributed by atoms with Crippen LogP contribution in [0.1, 0.15) is 48.9 Å². The summed E-state index contributed by atoms with van der Waals surface area (Å²) in [6.45, 7) is 11.0. The Kier molecular flexibility index (Phi) is 7.00. The minimum atomic E-state index is -4.06. The van der Waals surface area contributed by atoms with Crippen molar-refractivity contribution in [3.63, 3.8) is 0 Å². The smallest absolute Gasteiger partial charge is 0.252 e. The van der Waals surface area contributed by atoms with Crippen LogP contribution in [0.15, 0.2) is 35.2 Å². The summed E-state index contributed by atoms with van der Waals surface area (Å²) in [5, 5.41) is 0. The maximum atomic E-state index is 14.1. The molecule has 2 unspecified atom stereocenters. The summed E-state index contributed by atoms with van der Waals surface area (Å²) >= 11 is 0. The molecule has 0 spiro atoms. The summed E-state index contributed by atoms with van der Waals surface area (Å²) in [5.41, 5.74) is 3.46. The minimum Gasteiger partial charge on any atom is -0.497 e. The van der Waals surface area contributed by atoms with Crippen LogP contribution in [0.25, 0.3) is 0 Å². The van der Waals surface area contributed by atoms with Crippen LogP contribution >= 0.6 is 0 Å². The highest BCUT2D eigenvalue weighted by atomic mass is 32.2. The van der Waals surface area contributed by atoms with E-state index < -0.39 is 33.9 Å². The number of methoxy groups -OCH3 is 1. The molecule has 1 saturated heterocycles. The lowest BCUT2D eigenvalue weighted by atomic mass is 10.0. The number of benzene rings is 2. The zero-order valence-electron chi connectivity index (χ0n) is 20.3. The molecule has 0 bridgehead atoms. The highest BCUT2D eigenvalue weighted by molar-refractivity contribution is 7.89. The number of aryl methyl sites for hydroxylation is 2. The molecule has 1 aliphatic heterocycles. The predicted molar refractivity (Wildman–Crippen MR) is 128 cm³/mol. The Morgan fingerprint density at radius 1 is 1.06 bits per heavy atom. The van der Waals surface area contributed by atoms with Gasteiger partial charge >= 0.3 is 0 Å². The van der Waals surface area contributed by atoms with Gasteiger partial charge in [-0.05, 0) is 87.6 Å². The number of ether oxygens (including phenoxy) is 1. The highest BCUT2D eigenvalue weighted by Crippen LogP contribution is 2.35. The second kappa shape index (κ2) is 9.27. The predicted octanol–water partition coefficient (Wildman–Crippen LogP) is 4.05. The van der Waals surface area contributed by atoms with Crippen LogP contribution in [0.5, 0.6) is 5.75 Å². The Labute approximate surface area is 196 Å². The van der Waals surface area contributed by atoms with Crippen molar-refractivity contribution in [2.24, 2.45) is 0 Å². The number of hydrogen-bond donors (Lipinski definition) is 0. The van der Waals surface area contributed by atoms with Gasteiger partial charge in [0.05, 0.1) is 24.1 Å². The quantitative estimate of drug-likeness (QED) is 0.568. The zero-order chi connectivity index (χ0) is 24.7. The first kappa shape index (κ1) is 24.9. The van der Waals surface area contributed by atoms with E-state index in [1.807, 2.05) is 26.8 Å². The fourth-order valence-electron chi connectivity index (χ4n) is 4.38. The second-order valence-corrected chi connectivity index (χ2v) is 10.4. The molecule has 0 radical (unpaired) electrons. The van der Waals surface area contributed by atoms with Gasteiger partial charge in [0.25, 0.3) is 5.91 Å². The van der Waals surface area contributed by atoms with Gasteiger partial charge in [-0.25, -0.2) is 13.3 Å². The molecule has 2 aromatic rings. The Morgan fingerprint density at radius 2 is 1.61 bits per heavy atom. The van der Waals surface area contributed by atoms with Crippen LogP contribution in [-0.2, 0) is 19.6 Å². The van der Waals surface area contributed by atoms with Gasteiger partial charge in [-0.3, -0.25) is 9.59 Å². The van der Waals surface area contributed by atoms with Crippen LogP contribution in [0, 0.1) is 27.7 Å². The van der Waals surface area contributed by atoms with E-state index in [4.69, 9.17) is 4.74 Å². The third-order valence-electron chi connectivity index (χ3n) is 6.62. The van der Waals surface area contributed by atoms with Crippen molar-refractivity contribution in [2.45, 2.75) is 71.4 Å². The summed E-state index contributed by atoms with van der Waals surface area (Å²) in [6, 6.07) is 6.97. The average Bonchev–Trinajstić information content (AvgIpc) is 3.05. The average molecular weight is 473 g/mol. The van der Waals surface area contributed by atoms with Crippen LogP contribution in [0.3, 0.4) is 0 Å². The van der Waals surface area contributed by atoms with Crippen molar-refractivity contribution in [1.82, 2.24) is 4.31 Å². The number of hydrogen-bond acceptors (Lipinski definition) is 5. The zero-order valence-corrected chi connectivity index (χ0v) is 21.1. The van der Waals surface area contributed by atoms with Crippen molar-refractivity contribution in [3.05, 3.63) is 52.6 Å². The standard InChI is InChI=1S/C25H32N2O5S/c1-8-17(4)27(33(30,31)24-18(5)15(2)13-16(3)19(24)6)22-14-23(28)26(25(22)29)20-9-11-21(32-7)12-10-20/h9-13,17,22H,8,14H2,1-7H3. The van der Waals surface area contributed by atoms with Gasteiger partial charge in [0.15, 0.2) is 0 Å². The Balaban J connectivity index is 2.11. The van der Waals surface area contributed by atoms with Gasteiger partial charge in [0.2, 0.25) is 15.9 Å². The Morgan fingerprint density at radius 3 is 2.09 bits per heavy atom. The SMILES string of the molecule is CCC(C)N(C1CC(=O)N(c2ccc(OC)cc2)C1=O)S(=O)(=O)c1c(C)c(C)cc(C)c1C. The van der Waals surface area contributed by atoms with E-state index in [0.29, 0.717) is 29.0 Å². The number of amides is 2. The number of carbonyl (C=O) groups excluding carboxylic acids is 2. The van der Waals surface area contributed by atoms with Crippen molar-refractivity contribution >= 4 is 27.5 Å². The maximum Gasteiger partial charge on any atom is 0.252 e. The largest absolute Gasteiger partial charge is 0.497 e. The fourth-order valence-corrected chi connectivity index (χ4v) is 6.81. The molecule has 1 heterocycles. The molecule has 3 rings (SSSR count). The lowest BCUT2D eigenvalue weighted by Crippen LogP contribution is -2.49. The van der Waals surface area contributed by atoms with Gasteiger partial charge in [-0.2, -0.15) is 4.31 Å². The summed E-state index contributed by atoms with van der Waals surface area (Å²) in [7, 11) is -2.53. The third kappa shape index (κ3) is 4.29. The molecule has 178 valence electrons. The van der Waals surface area contributed by atoms with Crippen molar-refractivity contribution in [3.8, 4) is 5.75 Å². The molecule has 8 heteroatoms. The van der Waals surface area contributed by atoms with Gasteiger partial charge in [-0.1, -0.05) is 13.0 Å². The molecule has 7 nitrogen and oxygen atoms in total. The lowest BCUT2D eigenvalue weighted by molar-refractivity contribution is -0.122. The second-order valence-electron chi connectivity index (χ2n) is 8.67. The topological polar surface area (TPSA) is 84.0 Å². The van der Waals surface area contributed by atoms with E-state index in [9.17, 15) is 18.0 Å². The molecule has 2 amide bonds. The minimum absolute atomic E-state index is 0.197. The monoisotopic (exact) mass is 472 g/mol. The van der Waals surface area contributed by atoms with Gasteiger partial charge < -0.3 is 4.74 Å². The molecule has 2 atom stereocenters. The maximum absolute atomic E-state index is 14.1. The molecule has 1 fully saturated rings. The summed E-state index contributed by atoms with van der Waals surface area (Å²) in [4.78, 5) is 27.7. The number of anilines is 1. The number of nitrogens with zero attached hydrogens (tertiary/aromatic N) is 2. The number of imide groups is 1. The lowest BCUT2D eigenvalue weighted by Gasteiger charge is -2.33. The Hall–Kier alpha value is -2.71. The molecule has 2 aromatic carbocycles. The highest BCUT2D eigenvalue weighted by Gasteiger charge is 2.49. The van der Waals surface area contributed by atoms with Crippen molar-refractivity contribution < 1.29 is 22.7 Å². The summed E-state index contributed by atoms with van der Waals surface area (Å²) < 4.78 is 34.5. The van der Waals surface area contributed by atoms with E-state index in [0.717, 1.165) is 16.0 Å². The Bertz CT molecular complexity index is 1160. The molecule has 0 aliphatic carbocycles. The van der Waals surface area contributed by atoms with Crippen molar-refractivity contribution in [2.75, 3.05) is 12.0 Å². The fraction of sp³-hybridized carbons (Fsp3) is 0.440. The molecule has 1 aliphatic rings. The first-order valence-electron chi connectivity index (χ1n) is 11.1. The number of rotatable bonds is 7. The van der Waals surface area contributed by atoms with Crippen LogP contribution < -0.4 is 9.64 Å². The van der Waals surface area contributed by atoms with Crippen LogP contribution in [0.4, 0.5) is 5.69 Å². The summed E-state index contributed by atoms with van der Waals surface area (Å²) in [5.74, 6) is -0.361. The molecular formula is C25H32N2O5S. The van der Waals surface area contributed by atoms with E-state index in [2.05, 4.69) is 0 Å². The number of sulfonamides is 1. The summed E-state index contributed by atoms with van der Waals surface area (Å²) in [6.07, 6.45) is 0.306. The normalized spacial score (nSPS) is 17.7. The van der Waals surface area contributed by atoms with E-state index in [1.54, 1.807) is 45.0 Å². The molecule has 0 N–H and O–H groups in total. The van der Waals surface area contributed by atoms with E-state index in [-0.39, 0.29) is 11.3 Å². The van der Waals surface area contributed by atoms with Gasteiger partial charge in [0.1, 0.15) is 11.8 Å². The van der Waals surface area contributed by atoms with Crippen LogP contribution in [0.2, 0.25) is 0 Å². The van der Waals surface area contributed by atoms with Crippen molar-refractivity contribution in [1.29, 1.82) is 0 Å². The molecular weight excluding hydrogens is 440 g/mol. The third-order valence-corrected chi connectivity index (χ3v) is 8.92.